The first-order valence-electron chi connectivity index (χ1n) is 9.82. The Morgan fingerprint density at radius 1 is 1.00 bits per heavy atom. The van der Waals surface area contributed by atoms with Gasteiger partial charge in [-0.2, -0.15) is 0 Å². The van der Waals surface area contributed by atoms with Gasteiger partial charge in [0.25, 0.3) is 0 Å². The van der Waals surface area contributed by atoms with Crippen LogP contribution in [-0.4, -0.2) is 56.6 Å². The molecule has 6 heteroatoms. The van der Waals surface area contributed by atoms with Crippen molar-refractivity contribution in [2.45, 2.75) is 6.42 Å². The van der Waals surface area contributed by atoms with Gasteiger partial charge in [-0.05, 0) is 35.9 Å². The molecule has 2 aromatic rings. The van der Waals surface area contributed by atoms with Crippen LogP contribution in [0.2, 0.25) is 0 Å². The fraction of sp³-hybridized carbons (Fsp3) is 0.304. The molecule has 0 saturated carbocycles. The lowest BCUT2D eigenvalue weighted by Gasteiger charge is -2.36. The molecule has 1 aliphatic heterocycles. The Morgan fingerprint density at radius 3 is 2.34 bits per heavy atom. The maximum Gasteiger partial charge on any atom is 0.330 e. The number of benzene rings is 2. The highest BCUT2D eigenvalue weighted by molar-refractivity contribution is 5.91. The van der Waals surface area contributed by atoms with Gasteiger partial charge in [0.1, 0.15) is 0 Å². The highest BCUT2D eigenvalue weighted by Crippen LogP contribution is 2.16. The molecule has 0 spiro atoms. The van der Waals surface area contributed by atoms with Gasteiger partial charge in [0.2, 0.25) is 5.91 Å². The van der Waals surface area contributed by atoms with Crippen LogP contribution in [0.1, 0.15) is 12.0 Å². The SMILES string of the molecule is COC(=O)C=Cc1ccc(NC(=O)CCN2CCN(c3ccccc3)CC2)cc1. The van der Waals surface area contributed by atoms with Crippen LogP contribution in [0.4, 0.5) is 11.4 Å². The predicted molar refractivity (Wildman–Crippen MR) is 116 cm³/mol. The summed E-state index contributed by atoms with van der Waals surface area (Å²) >= 11 is 0. The fourth-order valence-corrected chi connectivity index (χ4v) is 3.26. The van der Waals surface area contributed by atoms with Gasteiger partial charge in [-0.15, -0.1) is 0 Å². The van der Waals surface area contributed by atoms with Crippen molar-refractivity contribution in [2.75, 3.05) is 50.1 Å². The van der Waals surface area contributed by atoms with Crippen LogP contribution in [0.25, 0.3) is 6.08 Å². The molecule has 1 heterocycles. The Hall–Kier alpha value is -3.12. The maximum absolute atomic E-state index is 12.3. The minimum atomic E-state index is -0.396. The Bertz CT molecular complexity index is 826. The lowest BCUT2D eigenvalue weighted by atomic mass is 10.2. The molecule has 3 rings (SSSR count). The average molecular weight is 393 g/mol. The molecule has 1 amide bonds. The summed E-state index contributed by atoms with van der Waals surface area (Å²) in [4.78, 5) is 28.1. The molecule has 1 saturated heterocycles. The molecule has 152 valence electrons. The zero-order chi connectivity index (χ0) is 20.5. The summed E-state index contributed by atoms with van der Waals surface area (Å²) in [6, 6.07) is 17.8. The number of rotatable bonds is 7. The number of nitrogens with zero attached hydrogens (tertiary/aromatic N) is 2. The highest BCUT2D eigenvalue weighted by Gasteiger charge is 2.17. The molecule has 2 aromatic carbocycles. The maximum atomic E-state index is 12.3. The van der Waals surface area contributed by atoms with E-state index in [-0.39, 0.29) is 5.91 Å². The third-order valence-corrected chi connectivity index (χ3v) is 4.96. The van der Waals surface area contributed by atoms with Crippen molar-refractivity contribution >= 4 is 29.3 Å². The summed E-state index contributed by atoms with van der Waals surface area (Å²) in [5, 5.41) is 2.93. The molecular formula is C23H27N3O3. The Morgan fingerprint density at radius 2 is 1.69 bits per heavy atom. The van der Waals surface area contributed by atoms with Crippen LogP contribution < -0.4 is 10.2 Å². The standard InChI is InChI=1S/C23H27N3O3/c1-29-23(28)12-9-19-7-10-20(11-8-19)24-22(27)13-14-25-15-17-26(18-16-25)21-5-3-2-4-6-21/h2-12H,13-18H2,1H3,(H,24,27). The van der Waals surface area contributed by atoms with Crippen LogP contribution >= 0.6 is 0 Å². The van der Waals surface area contributed by atoms with Crippen molar-refractivity contribution in [1.82, 2.24) is 4.90 Å². The fourth-order valence-electron chi connectivity index (χ4n) is 3.26. The number of carbonyl (C=O) groups excluding carboxylic acids is 2. The van der Waals surface area contributed by atoms with Gasteiger partial charge >= 0.3 is 5.97 Å². The lowest BCUT2D eigenvalue weighted by Crippen LogP contribution is -2.47. The predicted octanol–water partition coefficient (Wildman–Crippen LogP) is 3.02. The highest BCUT2D eigenvalue weighted by atomic mass is 16.5. The second kappa shape index (κ2) is 10.4. The number of anilines is 2. The number of amides is 1. The number of esters is 1. The molecule has 0 bridgehead atoms. The van der Waals surface area contributed by atoms with E-state index in [1.54, 1.807) is 6.08 Å². The summed E-state index contributed by atoms with van der Waals surface area (Å²) in [5.74, 6) is -0.389. The van der Waals surface area contributed by atoms with Crippen LogP contribution in [0.3, 0.4) is 0 Å². The number of hydrogen-bond donors (Lipinski definition) is 1. The van der Waals surface area contributed by atoms with E-state index in [0.29, 0.717) is 6.42 Å². The normalized spacial score (nSPS) is 14.7. The topological polar surface area (TPSA) is 61.9 Å². The van der Waals surface area contributed by atoms with Gasteiger partial charge < -0.3 is 15.0 Å². The van der Waals surface area contributed by atoms with E-state index in [4.69, 9.17) is 0 Å². The summed E-state index contributed by atoms with van der Waals surface area (Å²) < 4.78 is 4.56. The average Bonchev–Trinajstić information content (AvgIpc) is 2.78. The van der Waals surface area contributed by atoms with E-state index in [1.807, 2.05) is 30.3 Å². The molecule has 0 aliphatic carbocycles. The zero-order valence-corrected chi connectivity index (χ0v) is 16.7. The number of piperazine rings is 1. The van der Waals surface area contributed by atoms with Crippen LogP contribution in [0.15, 0.2) is 60.7 Å². The van der Waals surface area contributed by atoms with Crippen LogP contribution in [0, 0.1) is 0 Å². The van der Waals surface area contributed by atoms with Gasteiger partial charge in [-0.3, -0.25) is 9.69 Å². The first kappa shape index (κ1) is 20.6. The number of nitrogens with one attached hydrogen (secondary N) is 1. The third kappa shape index (κ3) is 6.47. The van der Waals surface area contributed by atoms with Crippen LogP contribution in [-0.2, 0) is 14.3 Å². The molecule has 29 heavy (non-hydrogen) atoms. The molecular weight excluding hydrogens is 366 g/mol. The van der Waals surface area contributed by atoms with Crippen molar-refractivity contribution in [3.8, 4) is 0 Å². The molecule has 6 nitrogen and oxygen atoms in total. The lowest BCUT2D eigenvalue weighted by molar-refractivity contribution is -0.134. The number of ether oxygens (including phenoxy) is 1. The number of para-hydroxylation sites is 1. The van der Waals surface area contributed by atoms with Gasteiger partial charge in [0, 0.05) is 56.6 Å². The first-order valence-corrected chi connectivity index (χ1v) is 9.82. The Kier molecular flexibility index (Phi) is 7.41. The minimum Gasteiger partial charge on any atom is -0.466 e. The van der Waals surface area contributed by atoms with E-state index in [2.05, 4.69) is 44.1 Å². The van der Waals surface area contributed by atoms with E-state index >= 15 is 0 Å². The number of hydrogen-bond acceptors (Lipinski definition) is 5. The molecule has 0 atom stereocenters. The second-order valence-corrected chi connectivity index (χ2v) is 6.94. The quantitative estimate of drug-likeness (QED) is 0.579. The second-order valence-electron chi connectivity index (χ2n) is 6.94. The largest absolute Gasteiger partial charge is 0.466 e. The molecule has 0 unspecified atom stereocenters. The molecule has 1 aliphatic rings. The van der Waals surface area contributed by atoms with E-state index in [9.17, 15) is 9.59 Å². The van der Waals surface area contributed by atoms with Gasteiger partial charge in [0.15, 0.2) is 0 Å². The smallest absolute Gasteiger partial charge is 0.330 e. The third-order valence-electron chi connectivity index (χ3n) is 4.96. The van der Waals surface area contributed by atoms with Crippen LogP contribution in [0.5, 0.6) is 0 Å². The summed E-state index contributed by atoms with van der Waals surface area (Å²) in [7, 11) is 1.34. The molecule has 0 aromatic heterocycles. The van der Waals surface area contributed by atoms with E-state index in [1.165, 1.54) is 18.9 Å². The van der Waals surface area contributed by atoms with Gasteiger partial charge in [0.05, 0.1) is 7.11 Å². The number of carbonyl (C=O) groups is 2. The Labute approximate surface area is 171 Å². The molecule has 1 fully saturated rings. The van der Waals surface area contributed by atoms with Crippen molar-refractivity contribution in [2.24, 2.45) is 0 Å². The monoisotopic (exact) mass is 393 g/mol. The van der Waals surface area contributed by atoms with Gasteiger partial charge in [-0.25, -0.2) is 4.79 Å². The van der Waals surface area contributed by atoms with Crippen molar-refractivity contribution in [3.05, 3.63) is 66.2 Å². The summed E-state index contributed by atoms with van der Waals surface area (Å²) in [5.41, 5.74) is 2.87. The Balaban J connectivity index is 1.39. The summed E-state index contributed by atoms with van der Waals surface area (Å²) in [6.07, 6.45) is 3.51. The van der Waals surface area contributed by atoms with Crippen molar-refractivity contribution < 1.29 is 14.3 Å². The summed E-state index contributed by atoms with van der Waals surface area (Å²) in [6.45, 7) is 4.64. The molecule has 1 N–H and O–H groups in total. The van der Waals surface area contributed by atoms with E-state index < -0.39 is 5.97 Å². The molecule has 0 radical (unpaired) electrons. The van der Waals surface area contributed by atoms with Gasteiger partial charge in [-0.1, -0.05) is 30.3 Å². The van der Waals surface area contributed by atoms with Crippen molar-refractivity contribution in [3.63, 3.8) is 0 Å². The zero-order valence-electron chi connectivity index (χ0n) is 16.7. The van der Waals surface area contributed by atoms with Crippen molar-refractivity contribution in [1.29, 1.82) is 0 Å². The van der Waals surface area contributed by atoms with E-state index in [0.717, 1.165) is 44.0 Å². The minimum absolute atomic E-state index is 0.00772. The first-order chi connectivity index (χ1) is 14.1. The number of methoxy groups -OCH3 is 1.